The summed E-state index contributed by atoms with van der Waals surface area (Å²) in [5.74, 6) is -0.974. The van der Waals surface area contributed by atoms with Gasteiger partial charge in [0.25, 0.3) is 0 Å². The Hall–Kier alpha value is -1.20. The minimum atomic E-state index is -4.53. The van der Waals surface area contributed by atoms with Crippen molar-refractivity contribution in [3.63, 3.8) is 0 Å². The van der Waals surface area contributed by atoms with Crippen molar-refractivity contribution in [3.05, 3.63) is 11.8 Å². The van der Waals surface area contributed by atoms with Gasteiger partial charge < -0.3 is 10.1 Å². The maximum Gasteiger partial charge on any atom is 0.431 e. The smallest absolute Gasteiger partial charge is 0.431 e. The first kappa shape index (κ1) is 11.9. The largest absolute Gasteiger partial charge is 0.463 e. The molecule has 1 aliphatic carbocycles. The van der Waals surface area contributed by atoms with Crippen LogP contribution >= 0.6 is 0 Å². The highest BCUT2D eigenvalue weighted by Crippen LogP contribution is 2.28. The van der Waals surface area contributed by atoms with Crippen LogP contribution in [0, 0.1) is 0 Å². The van der Waals surface area contributed by atoms with E-state index < -0.39 is 17.8 Å². The molecule has 1 aliphatic rings. The lowest BCUT2D eigenvalue weighted by Crippen LogP contribution is -2.29. The number of carbonyl (C=O) groups is 1. The lowest BCUT2D eigenvalue weighted by Gasteiger charge is -2.13. The summed E-state index contributed by atoms with van der Waals surface area (Å²) < 4.78 is 41.5. The minimum absolute atomic E-state index is 0.0594. The molecule has 0 saturated heterocycles. The van der Waals surface area contributed by atoms with Gasteiger partial charge in [0.15, 0.2) is 0 Å². The number of carbonyl (C=O) groups excluding carboxylic acids is 1. The van der Waals surface area contributed by atoms with Crippen LogP contribution in [0.15, 0.2) is 11.8 Å². The quantitative estimate of drug-likeness (QED) is 0.582. The van der Waals surface area contributed by atoms with E-state index in [1.165, 1.54) is 6.92 Å². The molecule has 1 rings (SSSR count). The first-order valence-electron chi connectivity index (χ1n) is 4.65. The number of hydrogen-bond donors (Lipinski definition) is 1. The zero-order valence-corrected chi connectivity index (χ0v) is 8.23. The molecular formula is C9H12F3NO2. The van der Waals surface area contributed by atoms with E-state index in [1.54, 1.807) is 0 Å². The summed E-state index contributed by atoms with van der Waals surface area (Å²) in [5.41, 5.74) is -1.02. The molecule has 15 heavy (non-hydrogen) atoms. The fourth-order valence-corrected chi connectivity index (χ4v) is 0.955. The maximum absolute atomic E-state index is 12.4. The zero-order valence-electron chi connectivity index (χ0n) is 8.23. The standard InChI is InChI=1S/C9H12F3NO2/c1-2-15-8(14)5-7(9(10,11)12)13-6-3-4-6/h5-6,13H,2-4H2,1H3/b7-5+. The lowest BCUT2D eigenvalue weighted by atomic mass is 10.3. The van der Waals surface area contributed by atoms with Crippen LogP contribution in [0.4, 0.5) is 13.2 Å². The van der Waals surface area contributed by atoms with Gasteiger partial charge in [-0.15, -0.1) is 0 Å². The summed E-state index contributed by atoms with van der Waals surface area (Å²) in [6.45, 7) is 1.59. The van der Waals surface area contributed by atoms with Gasteiger partial charge in [-0.1, -0.05) is 0 Å². The molecule has 0 aromatic carbocycles. The van der Waals surface area contributed by atoms with E-state index in [9.17, 15) is 18.0 Å². The number of halogens is 3. The molecule has 0 unspecified atom stereocenters. The first-order chi connectivity index (χ1) is 6.93. The molecule has 86 valence electrons. The van der Waals surface area contributed by atoms with Crippen molar-refractivity contribution in [1.82, 2.24) is 5.32 Å². The summed E-state index contributed by atoms with van der Waals surface area (Å²) in [7, 11) is 0. The second-order valence-corrected chi connectivity index (χ2v) is 3.23. The van der Waals surface area contributed by atoms with Gasteiger partial charge in [-0.05, 0) is 19.8 Å². The normalized spacial score (nSPS) is 17.5. The van der Waals surface area contributed by atoms with Crippen molar-refractivity contribution in [3.8, 4) is 0 Å². The summed E-state index contributed by atoms with van der Waals surface area (Å²) in [4.78, 5) is 10.9. The van der Waals surface area contributed by atoms with Crippen LogP contribution in [-0.2, 0) is 9.53 Å². The molecule has 1 N–H and O–H groups in total. The molecule has 0 heterocycles. The first-order valence-corrected chi connectivity index (χ1v) is 4.65. The van der Waals surface area contributed by atoms with Gasteiger partial charge in [0.2, 0.25) is 0 Å². The fraction of sp³-hybridized carbons (Fsp3) is 0.667. The Labute approximate surface area is 85.3 Å². The lowest BCUT2D eigenvalue weighted by molar-refractivity contribution is -0.138. The molecule has 0 bridgehead atoms. The fourth-order valence-electron chi connectivity index (χ4n) is 0.955. The van der Waals surface area contributed by atoms with E-state index in [4.69, 9.17) is 0 Å². The Morgan fingerprint density at radius 1 is 1.53 bits per heavy atom. The van der Waals surface area contributed by atoms with Crippen LogP contribution in [-0.4, -0.2) is 24.8 Å². The number of alkyl halides is 3. The average Bonchev–Trinajstić information content (AvgIpc) is 2.85. The predicted octanol–water partition coefficient (Wildman–Crippen LogP) is 1.75. The third kappa shape index (κ3) is 4.22. The number of allylic oxidation sites excluding steroid dienone is 1. The van der Waals surface area contributed by atoms with E-state index >= 15 is 0 Å². The van der Waals surface area contributed by atoms with Gasteiger partial charge in [0.1, 0.15) is 5.70 Å². The highest BCUT2D eigenvalue weighted by Gasteiger charge is 2.38. The number of nitrogens with one attached hydrogen (secondary N) is 1. The third-order valence-corrected chi connectivity index (χ3v) is 1.79. The third-order valence-electron chi connectivity index (χ3n) is 1.79. The zero-order chi connectivity index (χ0) is 11.5. The van der Waals surface area contributed by atoms with Crippen molar-refractivity contribution in [2.75, 3.05) is 6.61 Å². The Morgan fingerprint density at radius 2 is 2.13 bits per heavy atom. The average molecular weight is 223 g/mol. The van der Waals surface area contributed by atoms with Crippen LogP contribution in [0.25, 0.3) is 0 Å². The molecule has 0 radical (unpaired) electrons. The Bertz CT molecular complexity index is 269. The van der Waals surface area contributed by atoms with Crippen molar-refractivity contribution < 1.29 is 22.7 Å². The number of rotatable bonds is 4. The Balaban J connectivity index is 2.65. The van der Waals surface area contributed by atoms with Crippen LogP contribution in [0.2, 0.25) is 0 Å². The van der Waals surface area contributed by atoms with Crippen LogP contribution in [0.1, 0.15) is 19.8 Å². The van der Waals surface area contributed by atoms with Gasteiger partial charge in [0, 0.05) is 6.04 Å². The number of ether oxygens (including phenoxy) is 1. The monoisotopic (exact) mass is 223 g/mol. The van der Waals surface area contributed by atoms with Gasteiger partial charge in [-0.3, -0.25) is 0 Å². The van der Waals surface area contributed by atoms with Crippen LogP contribution in [0.3, 0.4) is 0 Å². The summed E-state index contributed by atoms with van der Waals surface area (Å²) in [6.07, 6.45) is -2.66. The van der Waals surface area contributed by atoms with E-state index in [2.05, 4.69) is 10.1 Å². The van der Waals surface area contributed by atoms with Crippen molar-refractivity contribution in [2.24, 2.45) is 0 Å². The van der Waals surface area contributed by atoms with E-state index in [1.807, 2.05) is 0 Å². The minimum Gasteiger partial charge on any atom is -0.463 e. The Kier molecular flexibility index (Phi) is 3.60. The van der Waals surface area contributed by atoms with Crippen LogP contribution in [0.5, 0.6) is 0 Å². The van der Waals surface area contributed by atoms with Crippen molar-refractivity contribution >= 4 is 5.97 Å². The van der Waals surface area contributed by atoms with Gasteiger partial charge in [-0.25, -0.2) is 4.79 Å². The molecule has 0 aromatic heterocycles. The molecule has 0 aliphatic heterocycles. The van der Waals surface area contributed by atoms with E-state index in [0.717, 1.165) is 0 Å². The predicted molar refractivity (Wildman–Crippen MR) is 46.9 cm³/mol. The molecule has 0 spiro atoms. The molecule has 0 aromatic rings. The summed E-state index contributed by atoms with van der Waals surface area (Å²) >= 11 is 0. The molecule has 1 saturated carbocycles. The highest BCUT2D eigenvalue weighted by molar-refractivity contribution is 5.82. The molecule has 3 nitrogen and oxygen atoms in total. The van der Waals surface area contributed by atoms with E-state index in [-0.39, 0.29) is 12.6 Å². The molecule has 0 atom stereocenters. The number of hydrogen-bond acceptors (Lipinski definition) is 3. The molecule has 6 heteroatoms. The van der Waals surface area contributed by atoms with Gasteiger partial charge in [-0.2, -0.15) is 13.2 Å². The van der Waals surface area contributed by atoms with Gasteiger partial charge in [0.05, 0.1) is 12.7 Å². The van der Waals surface area contributed by atoms with Crippen LogP contribution < -0.4 is 5.32 Å². The highest BCUT2D eigenvalue weighted by atomic mass is 19.4. The van der Waals surface area contributed by atoms with Gasteiger partial charge >= 0.3 is 12.1 Å². The molecule has 1 fully saturated rings. The summed E-state index contributed by atoms with van der Waals surface area (Å²) in [5, 5.41) is 2.26. The molecule has 0 amide bonds. The summed E-state index contributed by atoms with van der Waals surface area (Å²) in [6, 6.07) is -0.160. The second-order valence-electron chi connectivity index (χ2n) is 3.23. The number of esters is 1. The Morgan fingerprint density at radius 3 is 2.53 bits per heavy atom. The molecular weight excluding hydrogens is 211 g/mol. The topological polar surface area (TPSA) is 38.3 Å². The van der Waals surface area contributed by atoms with Crippen molar-refractivity contribution in [2.45, 2.75) is 32.0 Å². The second kappa shape index (κ2) is 4.55. The SMILES string of the molecule is CCOC(=O)/C=C(/NC1CC1)C(F)(F)F. The van der Waals surface area contributed by atoms with Crippen molar-refractivity contribution in [1.29, 1.82) is 0 Å². The maximum atomic E-state index is 12.4. The van der Waals surface area contributed by atoms with E-state index in [0.29, 0.717) is 18.9 Å².